The van der Waals surface area contributed by atoms with E-state index in [1.165, 1.54) is 0 Å². The average molecular weight is 230 g/mol. The minimum absolute atomic E-state index is 0.269. The highest BCUT2D eigenvalue weighted by Crippen LogP contribution is 2.17. The Morgan fingerprint density at radius 1 is 1.44 bits per heavy atom. The molecule has 0 aliphatic rings. The molecule has 1 unspecified atom stereocenters. The lowest BCUT2D eigenvalue weighted by Gasteiger charge is -2.13. The molecule has 1 atom stereocenters. The van der Waals surface area contributed by atoms with Crippen LogP contribution in [-0.4, -0.2) is 31.6 Å². The van der Waals surface area contributed by atoms with Crippen LogP contribution in [0.5, 0.6) is 0 Å². The quantitative estimate of drug-likeness (QED) is 0.395. The first-order valence-corrected chi connectivity index (χ1v) is 5.49. The maximum Gasteiger partial charge on any atom is 0.306 e. The Hall–Kier alpha value is -0.870. The normalized spacial score (nSPS) is 14.5. The lowest BCUT2D eigenvalue weighted by molar-refractivity contribution is -0.141. The predicted octanol–water partition coefficient (Wildman–Crippen LogP) is 2.44. The third-order valence-corrected chi connectivity index (χ3v) is 2.54. The van der Waals surface area contributed by atoms with Gasteiger partial charge in [0, 0.05) is 7.11 Å². The molecule has 0 saturated carbocycles. The van der Waals surface area contributed by atoms with Gasteiger partial charge in [0.15, 0.2) is 0 Å². The van der Waals surface area contributed by atoms with Crippen LogP contribution >= 0.6 is 0 Å². The van der Waals surface area contributed by atoms with Gasteiger partial charge in [0.25, 0.3) is 0 Å². The van der Waals surface area contributed by atoms with Crippen molar-refractivity contribution in [3.05, 3.63) is 11.1 Å². The van der Waals surface area contributed by atoms with E-state index >= 15 is 0 Å². The minimum Gasteiger partial charge on any atom is -0.481 e. The third kappa shape index (κ3) is 5.88. The molecule has 4 nitrogen and oxygen atoms in total. The Balaban J connectivity index is 4.31. The molecule has 0 bridgehead atoms. The van der Waals surface area contributed by atoms with Gasteiger partial charge in [0.05, 0.1) is 12.5 Å². The van der Waals surface area contributed by atoms with Crippen molar-refractivity contribution in [1.82, 2.24) is 0 Å². The second-order valence-corrected chi connectivity index (χ2v) is 3.94. The molecule has 4 heteroatoms. The zero-order chi connectivity index (χ0) is 12.6. The summed E-state index contributed by atoms with van der Waals surface area (Å²) in [5.74, 6) is -1.10. The summed E-state index contributed by atoms with van der Waals surface area (Å²) < 4.78 is 10.1. The molecule has 0 aliphatic heterocycles. The van der Waals surface area contributed by atoms with Gasteiger partial charge < -0.3 is 14.6 Å². The maximum absolute atomic E-state index is 10.7. The van der Waals surface area contributed by atoms with Crippen LogP contribution in [0.1, 0.15) is 33.6 Å². The molecule has 16 heavy (non-hydrogen) atoms. The Bertz CT molecular complexity index is 245. The minimum atomic E-state index is -0.757. The van der Waals surface area contributed by atoms with Crippen molar-refractivity contribution in [2.75, 3.05) is 20.5 Å². The van der Waals surface area contributed by atoms with Gasteiger partial charge in [-0.25, -0.2) is 0 Å². The third-order valence-electron chi connectivity index (χ3n) is 2.54. The zero-order valence-electron chi connectivity index (χ0n) is 10.6. The van der Waals surface area contributed by atoms with Gasteiger partial charge in [-0.05, 0) is 25.3 Å². The average Bonchev–Trinajstić information content (AvgIpc) is 2.24. The van der Waals surface area contributed by atoms with E-state index in [-0.39, 0.29) is 12.7 Å². The maximum atomic E-state index is 10.7. The van der Waals surface area contributed by atoms with E-state index in [9.17, 15) is 4.79 Å². The molecule has 0 aliphatic carbocycles. The second kappa shape index (κ2) is 8.30. The summed E-state index contributed by atoms with van der Waals surface area (Å²) in [6, 6.07) is 0. The van der Waals surface area contributed by atoms with Crippen molar-refractivity contribution < 1.29 is 19.4 Å². The fourth-order valence-electron chi connectivity index (χ4n) is 1.47. The summed E-state index contributed by atoms with van der Waals surface area (Å²) in [6.45, 7) is 6.51. The number of hydrogen-bond donors (Lipinski definition) is 1. The predicted molar refractivity (Wildman–Crippen MR) is 62.2 cm³/mol. The first kappa shape index (κ1) is 15.1. The van der Waals surface area contributed by atoms with Crippen LogP contribution in [0.3, 0.4) is 0 Å². The smallest absolute Gasteiger partial charge is 0.306 e. The monoisotopic (exact) mass is 230 g/mol. The van der Waals surface area contributed by atoms with Crippen molar-refractivity contribution in [2.45, 2.75) is 33.6 Å². The van der Waals surface area contributed by atoms with E-state index in [0.29, 0.717) is 13.0 Å². The second-order valence-electron chi connectivity index (χ2n) is 3.94. The van der Waals surface area contributed by atoms with Crippen LogP contribution in [0.4, 0.5) is 0 Å². The van der Waals surface area contributed by atoms with Crippen molar-refractivity contribution >= 4 is 5.97 Å². The number of carbonyl (C=O) groups is 1. The number of carboxylic acid groups (broad SMARTS) is 1. The topological polar surface area (TPSA) is 55.8 Å². The molecule has 0 spiro atoms. The number of carboxylic acids is 1. The summed E-state index contributed by atoms with van der Waals surface area (Å²) in [6.07, 6.45) is 1.46. The van der Waals surface area contributed by atoms with E-state index in [4.69, 9.17) is 14.6 Å². The molecule has 0 radical (unpaired) electrons. The van der Waals surface area contributed by atoms with Gasteiger partial charge in [0.2, 0.25) is 0 Å². The SMILES string of the molecule is CC/C(COCOC)=C(/C)CC(C)C(=O)O. The van der Waals surface area contributed by atoms with E-state index in [0.717, 1.165) is 17.6 Å². The standard InChI is InChI=1S/C12H22O4/c1-5-11(7-16-8-15-4)9(2)6-10(3)12(13)14/h10H,5-8H2,1-4H3,(H,13,14)/b11-9+. The molecule has 94 valence electrons. The van der Waals surface area contributed by atoms with Crippen molar-refractivity contribution in [1.29, 1.82) is 0 Å². The summed E-state index contributed by atoms with van der Waals surface area (Å²) in [7, 11) is 1.58. The number of allylic oxidation sites excluding steroid dienone is 1. The molecule has 0 heterocycles. The highest BCUT2D eigenvalue weighted by Gasteiger charge is 2.13. The molecule has 0 amide bonds. The Morgan fingerprint density at radius 2 is 2.06 bits per heavy atom. The summed E-state index contributed by atoms with van der Waals surface area (Å²) in [5, 5.41) is 8.83. The van der Waals surface area contributed by atoms with Crippen molar-refractivity contribution in [2.24, 2.45) is 5.92 Å². The fraction of sp³-hybridized carbons (Fsp3) is 0.750. The highest BCUT2D eigenvalue weighted by molar-refractivity contribution is 5.69. The Morgan fingerprint density at radius 3 is 2.50 bits per heavy atom. The van der Waals surface area contributed by atoms with Gasteiger partial charge >= 0.3 is 5.97 Å². The van der Waals surface area contributed by atoms with Gasteiger partial charge in [-0.3, -0.25) is 4.79 Å². The number of methoxy groups -OCH3 is 1. The Kier molecular flexibility index (Phi) is 7.85. The van der Waals surface area contributed by atoms with Gasteiger partial charge in [-0.15, -0.1) is 0 Å². The van der Waals surface area contributed by atoms with Crippen LogP contribution in [0.25, 0.3) is 0 Å². The molecule has 0 saturated heterocycles. The van der Waals surface area contributed by atoms with Crippen LogP contribution < -0.4 is 0 Å². The molecular weight excluding hydrogens is 208 g/mol. The first-order valence-electron chi connectivity index (χ1n) is 5.49. The van der Waals surface area contributed by atoms with Crippen molar-refractivity contribution in [3.8, 4) is 0 Å². The molecule has 0 aromatic carbocycles. The van der Waals surface area contributed by atoms with Gasteiger partial charge in [-0.1, -0.05) is 19.4 Å². The number of rotatable bonds is 8. The largest absolute Gasteiger partial charge is 0.481 e. The van der Waals surface area contributed by atoms with Crippen LogP contribution in [0.2, 0.25) is 0 Å². The lowest BCUT2D eigenvalue weighted by atomic mass is 9.97. The van der Waals surface area contributed by atoms with Crippen molar-refractivity contribution in [3.63, 3.8) is 0 Å². The van der Waals surface area contributed by atoms with E-state index in [1.807, 2.05) is 13.8 Å². The number of aliphatic carboxylic acids is 1. The number of hydrogen-bond acceptors (Lipinski definition) is 3. The van der Waals surface area contributed by atoms with Crippen LogP contribution in [-0.2, 0) is 14.3 Å². The summed E-state index contributed by atoms with van der Waals surface area (Å²) >= 11 is 0. The van der Waals surface area contributed by atoms with Gasteiger partial charge in [0.1, 0.15) is 6.79 Å². The summed E-state index contributed by atoms with van der Waals surface area (Å²) in [5.41, 5.74) is 2.26. The first-order chi connectivity index (χ1) is 7.52. The molecule has 0 rings (SSSR count). The molecule has 1 N–H and O–H groups in total. The highest BCUT2D eigenvalue weighted by atomic mass is 16.7. The van der Waals surface area contributed by atoms with Gasteiger partial charge in [-0.2, -0.15) is 0 Å². The molecular formula is C12H22O4. The Labute approximate surface area is 97.2 Å². The van der Waals surface area contributed by atoms with E-state index < -0.39 is 5.97 Å². The molecule has 0 aromatic heterocycles. The fourth-order valence-corrected chi connectivity index (χ4v) is 1.47. The zero-order valence-corrected chi connectivity index (χ0v) is 10.6. The van der Waals surface area contributed by atoms with Crippen LogP contribution in [0.15, 0.2) is 11.1 Å². The molecule has 0 fully saturated rings. The lowest BCUT2D eigenvalue weighted by Crippen LogP contribution is -2.11. The van der Waals surface area contributed by atoms with Crippen LogP contribution in [0, 0.1) is 5.92 Å². The van der Waals surface area contributed by atoms with E-state index in [2.05, 4.69) is 0 Å². The molecule has 0 aromatic rings. The number of ether oxygens (including phenoxy) is 2. The van der Waals surface area contributed by atoms with E-state index in [1.54, 1.807) is 14.0 Å². The summed E-state index contributed by atoms with van der Waals surface area (Å²) in [4.78, 5) is 10.7.